The molecule has 1 aromatic carbocycles. The molecule has 3 rings (SSSR count). The summed E-state index contributed by atoms with van der Waals surface area (Å²) in [6, 6.07) is 7.21. The Morgan fingerprint density at radius 1 is 1.28 bits per heavy atom. The third kappa shape index (κ3) is 6.34. The standard InChI is InChI=1S/C22H32ClN3O3/c1-17-6-10-25(11-7-17)14-21(28)26-9-3-8-22(15-26,13-20(24)27)16-29-19-5-2-4-18(23)12-19/h2,4-5,12,17H,3,6-11,13-16H2,1H3,(H2,24,27)/t22-/m1/s1. The molecular weight excluding hydrogens is 390 g/mol. The van der Waals surface area contributed by atoms with E-state index in [1.54, 1.807) is 12.1 Å². The van der Waals surface area contributed by atoms with Crippen molar-refractivity contribution in [3.63, 3.8) is 0 Å². The van der Waals surface area contributed by atoms with Gasteiger partial charge in [0.05, 0.1) is 13.2 Å². The Balaban J connectivity index is 1.63. The van der Waals surface area contributed by atoms with Crippen molar-refractivity contribution in [2.75, 3.05) is 39.3 Å². The summed E-state index contributed by atoms with van der Waals surface area (Å²) in [5.74, 6) is 1.17. The van der Waals surface area contributed by atoms with Crippen molar-refractivity contribution >= 4 is 23.4 Å². The Hall–Kier alpha value is -1.79. The number of rotatable bonds is 7. The maximum absolute atomic E-state index is 13.0. The summed E-state index contributed by atoms with van der Waals surface area (Å²) in [6.07, 6.45) is 4.15. The van der Waals surface area contributed by atoms with Crippen LogP contribution < -0.4 is 10.5 Å². The third-order valence-corrected chi connectivity index (χ3v) is 6.37. The van der Waals surface area contributed by atoms with Gasteiger partial charge in [-0.1, -0.05) is 24.6 Å². The molecule has 29 heavy (non-hydrogen) atoms. The molecule has 2 aliphatic heterocycles. The minimum Gasteiger partial charge on any atom is -0.493 e. The first kappa shape index (κ1) is 21.9. The van der Waals surface area contributed by atoms with Crippen LogP contribution in [0.5, 0.6) is 5.75 Å². The van der Waals surface area contributed by atoms with Crippen molar-refractivity contribution in [3.05, 3.63) is 29.3 Å². The van der Waals surface area contributed by atoms with Gasteiger partial charge in [-0.05, 0) is 62.9 Å². The smallest absolute Gasteiger partial charge is 0.236 e. The fourth-order valence-corrected chi connectivity index (χ4v) is 4.59. The molecule has 6 nitrogen and oxygen atoms in total. The zero-order valence-corrected chi connectivity index (χ0v) is 18.0. The number of piperidine rings is 2. The molecule has 1 aromatic rings. The summed E-state index contributed by atoms with van der Waals surface area (Å²) in [4.78, 5) is 28.9. The number of hydrogen-bond donors (Lipinski definition) is 1. The average Bonchev–Trinajstić information content (AvgIpc) is 2.68. The molecule has 0 spiro atoms. The van der Waals surface area contributed by atoms with Crippen molar-refractivity contribution in [1.29, 1.82) is 0 Å². The lowest BCUT2D eigenvalue weighted by Crippen LogP contribution is -2.52. The molecule has 0 aliphatic carbocycles. The predicted molar refractivity (Wildman–Crippen MR) is 114 cm³/mol. The van der Waals surface area contributed by atoms with Gasteiger partial charge in [-0.3, -0.25) is 14.5 Å². The number of likely N-dealkylation sites (tertiary alicyclic amines) is 2. The molecule has 2 heterocycles. The number of benzene rings is 1. The van der Waals surface area contributed by atoms with Crippen molar-refractivity contribution < 1.29 is 14.3 Å². The second kappa shape index (κ2) is 9.81. The highest BCUT2D eigenvalue weighted by Crippen LogP contribution is 2.35. The average molecular weight is 422 g/mol. The normalized spacial score (nSPS) is 23.7. The largest absolute Gasteiger partial charge is 0.493 e. The van der Waals surface area contributed by atoms with E-state index in [0.717, 1.165) is 51.2 Å². The highest BCUT2D eigenvalue weighted by molar-refractivity contribution is 6.30. The van der Waals surface area contributed by atoms with Crippen LogP contribution in [0.3, 0.4) is 0 Å². The van der Waals surface area contributed by atoms with Crippen LogP contribution >= 0.6 is 11.6 Å². The molecule has 2 amide bonds. The molecule has 2 fully saturated rings. The number of halogens is 1. The summed E-state index contributed by atoms with van der Waals surface area (Å²) in [6.45, 7) is 6.23. The Morgan fingerprint density at radius 2 is 2.03 bits per heavy atom. The van der Waals surface area contributed by atoms with E-state index in [1.165, 1.54) is 0 Å². The van der Waals surface area contributed by atoms with Gasteiger partial charge in [0.2, 0.25) is 11.8 Å². The first-order chi connectivity index (χ1) is 13.8. The van der Waals surface area contributed by atoms with E-state index in [0.29, 0.717) is 30.5 Å². The van der Waals surface area contributed by atoms with Crippen LogP contribution in [0.2, 0.25) is 5.02 Å². The van der Waals surface area contributed by atoms with Gasteiger partial charge in [0.1, 0.15) is 5.75 Å². The Morgan fingerprint density at radius 3 is 2.72 bits per heavy atom. The molecule has 160 valence electrons. The summed E-state index contributed by atoms with van der Waals surface area (Å²) >= 11 is 6.04. The monoisotopic (exact) mass is 421 g/mol. The lowest BCUT2D eigenvalue weighted by Gasteiger charge is -2.43. The molecular formula is C22H32ClN3O3. The quantitative estimate of drug-likeness (QED) is 0.734. The minimum absolute atomic E-state index is 0.135. The predicted octanol–water partition coefficient (Wildman–Crippen LogP) is 2.93. The maximum atomic E-state index is 13.0. The van der Waals surface area contributed by atoms with Crippen molar-refractivity contribution in [2.24, 2.45) is 17.1 Å². The second-order valence-electron chi connectivity index (χ2n) is 8.77. The summed E-state index contributed by atoms with van der Waals surface area (Å²) in [5.41, 5.74) is 5.10. The van der Waals surface area contributed by atoms with Crippen LogP contribution in [-0.4, -0.2) is 60.9 Å². The van der Waals surface area contributed by atoms with E-state index in [1.807, 2.05) is 17.0 Å². The number of carbonyl (C=O) groups excluding carboxylic acids is 2. The molecule has 0 unspecified atom stereocenters. The summed E-state index contributed by atoms with van der Waals surface area (Å²) in [5, 5.41) is 0.600. The molecule has 2 saturated heterocycles. The topological polar surface area (TPSA) is 75.9 Å². The highest BCUT2D eigenvalue weighted by atomic mass is 35.5. The van der Waals surface area contributed by atoms with Crippen LogP contribution in [0.1, 0.15) is 39.0 Å². The van der Waals surface area contributed by atoms with Gasteiger partial charge in [0.25, 0.3) is 0 Å². The number of nitrogens with two attached hydrogens (primary N) is 1. The number of primary amides is 1. The SMILES string of the molecule is CC1CCN(CC(=O)N2CCC[C@@](COc3cccc(Cl)c3)(CC(N)=O)C2)CC1. The van der Waals surface area contributed by atoms with Gasteiger partial charge in [-0.25, -0.2) is 0 Å². The molecule has 0 radical (unpaired) electrons. The zero-order valence-electron chi connectivity index (χ0n) is 17.2. The van der Waals surface area contributed by atoms with Gasteiger partial charge in [-0.15, -0.1) is 0 Å². The Kier molecular flexibility index (Phi) is 7.41. The molecule has 1 atom stereocenters. The van der Waals surface area contributed by atoms with Crippen LogP contribution in [0.4, 0.5) is 0 Å². The lowest BCUT2D eigenvalue weighted by atomic mass is 9.77. The second-order valence-corrected chi connectivity index (χ2v) is 9.20. The van der Waals surface area contributed by atoms with E-state index in [-0.39, 0.29) is 18.2 Å². The van der Waals surface area contributed by atoms with E-state index < -0.39 is 5.41 Å². The van der Waals surface area contributed by atoms with E-state index in [4.69, 9.17) is 22.1 Å². The Labute approximate surface area is 178 Å². The molecule has 7 heteroatoms. The van der Waals surface area contributed by atoms with E-state index >= 15 is 0 Å². The highest BCUT2D eigenvalue weighted by Gasteiger charge is 2.39. The minimum atomic E-state index is -0.460. The third-order valence-electron chi connectivity index (χ3n) is 6.14. The first-order valence-corrected chi connectivity index (χ1v) is 10.9. The summed E-state index contributed by atoms with van der Waals surface area (Å²) in [7, 11) is 0. The molecule has 2 aliphatic rings. The summed E-state index contributed by atoms with van der Waals surface area (Å²) < 4.78 is 5.98. The number of ether oxygens (including phenoxy) is 1. The van der Waals surface area contributed by atoms with Crippen LogP contribution in [-0.2, 0) is 9.59 Å². The van der Waals surface area contributed by atoms with Crippen molar-refractivity contribution in [2.45, 2.75) is 39.0 Å². The Bertz CT molecular complexity index is 721. The molecule has 0 bridgehead atoms. The number of amides is 2. The van der Waals surface area contributed by atoms with Gasteiger partial charge >= 0.3 is 0 Å². The zero-order chi connectivity index (χ0) is 20.9. The van der Waals surface area contributed by atoms with Gasteiger partial charge in [-0.2, -0.15) is 0 Å². The van der Waals surface area contributed by atoms with Crippen LogP contribution in [0.15, 0.2) is 24.3 Å². The molecule has 0 saturated carbocycles. The van der Waals surface area contributed by atoms with E-state index in [2.05, 4.69) is 11.8 Å². The maximum Gasteiger partial charge on any atom is 0.236 e. The van der Waals surface area contributed by atoms with Gasteiger partial charge in [0.15, 0.2) is 0 Å². The van der Waals surface area contributed by atoms with Gasteiger partial charge < -0.3 is 15.4 Å². The number of hydrogen-bond acceptors (Lipinski definition) is 4. The van der Waals surface area contributed by atoms with Crippen molar-refractivity contribution in [3.8, 4) is 5.75 Å². The fraction of sp³-hybridized carbons (Fsp3) is 0.636. The molecule has 2 N–H and O–H groups in total. The van der Waals surface area contributed by atoms with Crippen molar-refractivity contribution in [1.82, 2.24) is 9.80 Å². The fourth-order valence-electron chi connectivity index (χ4n) is 4.41. The van der Waals surface area contributed by atoms with Crippen LogP contribution in [0, 0.1) is 11.3 Å². The van der Waals surface area contributed by atoms with Crippen LogP contribution in [0.25, 0.3) is 0 Å². The lowest BCUT2D eigenvalue weighted by molar-refractivity contribution is -0.138. The first-order valence-electron chi connectivity index (χ1n) is 10.5. The van der Waals surface area contributed by atoms with E-state index in [9.17, 15) is 9.59 Å². The molecule has 0 aromatic heterocycles. The van der Waals surface area contributed by atoms with Gasteiger partial charge in [0, 0.05) is 29.9 Å². The number of carbonyl (C=O) groups is 2. The number of nitrogens with zero attached hydrogens (tertiary/aromatic N) is 2.